The largest absolute Gasteiger partial charge is 0.507 e. The molecule has 0 fully saturated rings. The average Bonchev–Trinajstić information content (AvgIpc) is 2.97. The lowest BCUT2D eigenvalue weighted by atomic mass is 9.83. The van der Waals surface area contributed by atoms with Crippen LogP contribution in [0.3, 0.4) is 0 Å². The third-order valence-electron chi connectivity index (χ3n) is 6.83. The van der Waals surface area contributed by atoms with Gasteiger partial charge < -0.3 is 14.9 Å². The van der Waals surface area contributed by atoms with Crippen LogP contribution < -0.4 is 9.80 Å². The van der Waals surface area contributed by atoms with Crippen molar-refractivity contribution in [2.45, 2.75) is 60.3 Å². The Balaban J connectivity index is 1.97. The maximum atomic E-state index is 11.0. The van der Waals surface area contributed by atoms with Gasteiger partial charge in [0.1, 0.15) is 5.75 Å². The van der Waals surface area contributed by atoms with Crippen molar-refractivity contribution in [3.05, 3.63) is 83.6 Å². The molecule has 0 atom stereocenters. The highest BCUT2D eigenvalue weighted by molar-refractivity contribution is 5.79. The third kappa shape index (κ3) is 5.41. The lowest BCUT2D eigenvalue weighted by Crippen LogP contribution is -2.22. The van der Waals surface area contributed by atoms with E-state index in [1.165, 1.54) is 16.9 Å². The first kappa shape index (κ1) is 25.7. The van der Waals surface area contributed by atoms with Crippen LogP contribution >= 0.6 is 0 Å². The fraction of sp³-hybridized carbons (Fsp3) is 0.419. The number of hydrogen-bond donors (Lipinski definition) is 1. The molecule has 3 heteroatoms. The maximum Gasteiger partial charge on any atom is 0.125 e. The molecule has 2 aromatic carbocycles. The lowest BCUT2D eigenvalue weighted by molar-refractivity contribution is 0.421. The monoisotopic (exact) mass is 458 g/mol. The van der Waals surface area contributed by atoms with E-state index in [1.54, 1.807) is 0 Å². The molecule has 0 saturated carbocycles. The number of phenols is 1. The molecule has 0 unspecified atom stereocenters. The van der Waals surface area contributed by atoms with Crippen LogP contribution in [0, 0.1) is 5.41 Å². The number of aromatic hydroxyl groups is 1. The van der Waals surface area contributed by atoms with E-state index in [4.69, 9.17) is 0 Å². The van der Waals surface area contributed by atoms with E-state index in [0.717, 1.165) is 36.3 Å². The maximum absolute atomic E-state index is 11.0. The van der Waals surface area contributed by atoms with Crippen molar-refractivity contribution in [2.24, 2.45) is 5.41 Å². The summed E-state index contributed by atoms with van der Waals surface area (Å²) in [6.07, 6.45) is 9.66. The third-order valence-corrected chi connectivity index (χ3v) is 6.83. The molecule has 1 heterocycles. The minimum atomic E-state index is -0.0570. The molecule has 0 aliphatic carbocycles. The summed E-state index contributed by atoms with van der Waals surface area (Å²) in [6.45, 7) is 17.4. The van der Waals surface area contributed by atoms with Gasteiger partial charge in [-0.2, -0.15) is 0 Å². The predicted octanol–water partition coefficient (Wildman–Crippen LogP) is 7.93. The topological polar surface area (TPSA) is 26.7 Å². The molecule has 2 aromatic rings. The Hall–Kier alpha value is -2.94. The molecule has 0 radical (unpaired) electrons. The Morgan fingerprint density at radius 2 is 1.74 bits per heavy atom. The molecule has 0 aromatic heterocycles. The lowest BCUT2D eigenvalue weighted by Gasteiger charge is -2.23. The zero-order valence-corrected chi connectivity index (χ0v) is 22.3. The molecule has 1 aliphatic rings. The van der Waals surface area contributed by atoms with Crippen LogP contribution in [-0.2, 0) is 5.41 Å². The number of likely N-dealkylation sites (N-methyl/N-ethyl adjacent to an activating group) is 1. The van der Waals surface area contributed by atoms with Crippen molar-refractivity contribution in [2.75, 3.05) is 29.9 Å². The van der Waals surface area contributed by atoms with Crippen LogP contribution in [0.5, 0.6) is 5.75 Å². The van der Waals surface area contributed by atoms with Crippen molar-refractivity contribution in [3.63, 3.8) is 0 Å². The number of para-hydroxylation sites is 1. The molecule has 34 heavy (non-hydrogen) atoms. The number of phenolic OH excluding ortho intramolecular Hbond substituents is 1. The Labute approximate surface area is 207 Å². The number of rotatable bonds is 7. The van der Waals surface area contributed by atoms with E-state index in [1.807, 2.05) is 6.07 Å². The second kappa shape index (κ2) is 10.1. The fourth-order valence-corrected chi connectivity index (χ4v) is 4.78. The van der Waals surface area contributed by atoms with Crippen molar-refractivity contribution in [3.8, 4) is 5.75 Å². The highest BCUT2D eigenvalue weighted by atomic mass is 16.3. The predicted molar refractivity (Wildman–Crippen MR) is 149 cm³/mol. The van der Waals surface area contributed by atoms with Crippen LogP contribution in [0.25, 0.3) is 5.57 Å². The molecular formula is C31H42N2O. The smallest absolute Gasteiger partial charge is 0.125 e. The molecule has 1 aliphatic heterocycles. The van der Waals surface area contributed by atoms with Gasteiger partial charge >= 0.3 is 0 Å². The second-order valence-corrected chi connectivity index (χ2v) is 10.9. The number of hydrogen-bond acceptors (Lipinski definition) is 3. The Morgan fingerprint density at radius 3 is 2.32 bits per heavy atom. The summed E-state index contributed by atoms with van der Waals surface area (Å²) < 4.78 is 0. The molecule has 0 saturated heterocycles. The first-order chi connectivity index (χ1) is 16.0. The average molecular weight is 459 g/mol. The fourth-order valence-electron chi connectivity index (χ4n) is 4.78. The van der Waals surface area contributed by atoms with Gasteiger partial charge in [-0.25, -0.2) is 0 Å². The molecule has 0 amide bonds. The first-order valence-corrected chi connectivity index (χ1v) is 12.5. The van der Waals surface area contributed by atoms with E-state index >= 15 is 0 Å². The zero-order valence-electron chi connectivity index (χ0n) is 22.3. The van der Waals surface area contributed by atoms with Crippen molar-refractivity contribution < 1.29 is 5.11 Å². The van der Waals surface area contributed by atoms with E-state index in [9.17, 15) is 5.11 Å². The van der Waals surface area contributed by atoms with Gasteiger partial charge in [0.15, 0.2) is 0 Å². The van der Waals surface area contributed by atoms with Crippen molar-refractivity contribution in [1.29, 1.82) is 0 Å². The minimum Gasteiger partial charge on any atom is -0.507 e. The van der Waals surface area contributed by atoms with Gasteiger partial charge in [-0.1, -0.05) is 71.0 Å². The summed E-state index contributed by atoms with van der Waals surface area (Å²) in [5.41, 5.74) is 6.97. The summed E-state index contributed by atoms with van der Waals surface area (Å²) in [6, 6.07) is 14.7. The van der Waals surface area contributed by atoms with Crippen LogP contribution in [0.4, 0.5) is 11.4 Å². The van der Waals surface area contributed by atoms with Crippen molar-refractivity contribution >= 4 is 16.9 Å². The van der Waals surface area contributed by atoms with E-state index < -0.39 is 0 Å². The molecule has 3 rings (SSSR count). The van der Waals surface area contributed by atoms with Crippen LogP contribution in [0.2, 0.25) is 0 Å². The summed E-state index contributed by atoms with van der Waals surface area (Å²) >= 11 is 0. The Kier molecular flexibility index (Phi) is 7.65. The van der Waals surface area contributed by atoms with Crippen LogP contribution in [-0.4, -0.2) is 25.2 Å². The van der Waals surface area contributed by atoms with Gasteiger partial charge in [0, 0.05) is 54.3 Å². The van der Waals surface area contributed by atoms with Crippen molar-refractivity contribution in [1.82, 2.24) is 0 Å². The van der Waals surface area contributed by atoms with Crippen LogP contribution in [0.15, 0.2) is 72.5 Å². The number of benzene rings is 2. The Bertz CT molecular complexity index is 1090. The van der Waals surface area contributed by atoms with Gasteiger partial charge in [-0.15, -0.1) is 0 Å². The Morgan fingerprint density at radius 1 is 1.06 bits per heavy atom. The molecular weight excluding hydrogens is 416 g/mol. The van der Waals surface area contributed by atoms with E-state index in [-0.39, 0.29) is 10.8 Å². The van der Waals surface area contributed by atoms with Gasteiger partial charge in [-0.3, -0.25) is 0 Å². The molecule has 0 spiro atoms. The highest BCUT2D eigenvalue weighted by Crippen LogP contribution is 2.46. The van der Waals surface area contributed by atoms with E-state index in [2.05, 4.69) is 126 Å². The quantitative estimate of drug-likeness (QED) is 0.427. The molecule has 3 nitrogen and oxygen atoms in total. The summed E-state index contributed by atoms with van der Waals surface area (Å²) in [5.74, 6) is 0.326. The first-order valence-electron chi connectivity index (χ1n) is 12.5. The number of nitrogens with zero attached hydrogens (tertiary/aromatic N) is 2. The summed E-state index contributed by atoms with van der Waals surface area (Å²) in [4.78, 5) is 4.53. The normalized spacial score (nSPS) is 17.0. The minimum absolute atomic E-state index is 0.0570. The van der Waals surface area contributed by atoms with Gasteiger partial charge in [0.25, 0.3) is 0 Å². The SMILES string of the molecule is CCN(CC)c1ccc(C(=C\CC(C)(C)C)/C=C/C=C2/N(C)c3ccccc3C2(C)C)c(O)c1. The second-order valence-electron chi connectivity index (χ2n) is 10.9. The zero-order chi connectivity index (χ0) is 25.1. The molecule has 1 N–H and O–H groups in total. The van der Waals surface area contributed by atoms with Gasteiger partial charge in [-0.05, 0) is 61.1 Å². The molecule has 182 valence electrons. The standard InChI is InChI=1S/C31H42N2O/c1-9-33(10-2)24-18-19-25(28(34)22-24)23(20-21-30(3,4)5)14-13-17-29-31(6,7)26-15-11-12-16-27(26)32(29)8/h11-20,22,34H,9-10,21H2,1-8H3/b14-13+,23-20-,29-17+. The highest BCUT2D eigenvalue weighted by Gasteiger charge is 2.37. The summed E-state index contributed by atoms with van der Waals surface area (Å²) in [7, 11) is 2.14. The van der Waals surface area contributed by atoms with Gasteiger partial charge in [0.2, 0.25) is 0 Å². The number of allylic oxidation sites excluding steroid dienone is 6. The van der Waals surface area contributed by atoms with Gasteiger partial charge in [0.05, 0.1) is 0 Å². The van der Waals surface area contributed by atoms with E-state index in [0.29, 0.717) is 5.75 Å². The molecule has 0 bridgehead atoms. The summed E-state index contributed by atoms with van der Waals surface area (Å²) in [5, 5.41) is 11.0. The van der Waals surface area contributed by atoms with Crippen LogP contribution in [0.1, 0.15) is 66.0 Å². The number of anilines is 2. The number of fused-ring (bicyclic) bond motifs is 1.